The molecule has 220 valence electrons. The van der Waals surface area contributed by atoms with Crippen molar-refractivity contribution in [1.82, 2.24) is 19.8 Å². The molecule has 7 rings (SSSR count). The van der Waals surface area contributed by atoms with E-state index in [0.29, 0.717) is 37.6 Å². The molecule has 2 aliphatic heterocycles. The predicted octanol–water partition coefficient (Wildman–Crippen LogP) is 5.72. The monoisotopic (exact) mass is 576 g/mol. The van der Waals surface area contributed by atoms with Gasteiger partial charge < -0.3 is 29.2 Å². The number of aromatic nitrogens is 2. The molecule has 0 unspecified atom stereocenters. The van der Waals surface area contributed by atoms with E-state index in [0.717, 1.165) is 50.6 Å². The van der Waals surface area contributed by atoms with Crippen molar-refractivity contribution in [3.05, 3.63) is 95.3 Å². The van der Waals surface area contributed by atoms with Crippen LogP contribution in [0.2, 0.25) is 0 Å². The van der Waals surface area contributed by atoms with E-state index in [1.807, 2.05) is 61.7 Å². The van der Waals surface area contributed by atoms with Gasteiger partial charge in [0.15, 0.2) is 17.0 Å². The average molecular weight is 577 g/mol. The largest absolute Gasteiger partial charge is 0.493 e. The highest BCUT2D eigenvalue weighted by Gasteiger charge is 2.56. The number of amides is 2. The van der Waals surface area contributed by atoms with Gasteiger partial charge in [0.05, 0.1) is 26.0 Å². The SMILES string of the molecule is CCCOc1ccc([C@@H]2CN3C(=O)CN(CCc4c[nH]c5ccccc45)C(=O)[C@]3(C)c3[nH]c4ccccc4c32)cc1OC. The van der Waals surface area contributed by atoms with Gasteiger partial charge in [-0.15, -0.1) is 0 Å². The third kappa shape index (κ3) is 4.27. The number of methoxy groups -OCH3 is 1. The van der Waals surface area contributed by atoms with Crippen molar-refractivity contribution in [2.75, 3.05) is 33.4 Å². The number of benzene rings is 3. The summed E-state index contributed by atoms with van der Waals surface area (Å²) in [5, 5.41) is 2.20. The van der Waals surface area contributed by atoms with Gasteiger partial charge >= 0.3 is 0 Å². The molecule has 0 radical (unpaired) electrons. The maximum absolute atomic E-state index is 14.4. The van der Waals surface area contributed by atoms with Gasteiger partial charge in [0.25, 0.3) is 5.91 Å². The second-order valence-corrected chi connectivity index (χ2v) is 11.7. The molecule has 0 spiro atoms. The molecule has 8 heteroatoms. The third-order valence-electron chi connectivity index (χ3n) is 9.20. The van der Waals surface area contributed by atoms with E-state index in [1.54, 1.807) is 16.9 Å². The summed E-state index contributed by atoms with van der Waals surface area (Å²) in [6, 6.07) is 22.3. The Hall–Kier alpha value is -4.72. The Morgan fingerprint density at radius 3 is 2.53 bits per heavy atom. The van der Waals surface area contributed by atoms with Gasteiger partial charge in [-0.2, -0.15) is 0 Å². The molecule has 2 atom stereocenters. The summed E-state index contributed by atoms with van der Waals surface area (Å²) < 4.78 is 11.6. The molecule has 0 saturated carbocycles. The van der Waals surface area contributed by atoms with Gasteiger partial charge in [-0.25, -0.2) is 0 Å². The van der Waals surface area contributed by atoms with Gasteiger partial charge in [0.2, 0.25) is 5.91 Å². The fourth-order valence-electron chi connectivity index (χ4n) is 6.98. The number of nitrogens with zero attached hydrogens (tertiary/aromatic N) is 2. The van der Waals surface area contributed by atoms with Crippen molar-refractivity contribution in [2.24, 2.45) is 0 Å². The predicted molar refractivity (Wildman–Crippen MR) is 167 cm³/mol. The lowest BCUT2D eigenvalue weighted by molar-refractivity contribution is -0.166. The number of carbonyl (C=O) groups is 2. The van der Waals surface area contributed by atoms with Crippen LogP contribution in [0.3, 0.4) is 0 Å². The molecule has 1 fully saturated rings. The van der Waals surface area contributed by atoms with Gasteiger partial charge in [-0.1, -0.05) is 49.4 Å². The summed E-state index contributed by atoms with van der Waals surface area (Å²) in [6.07, 6.45) is 3.56. The van der Waals surface area contributed by atoms with Crippen molar-refractivity contribution in [3.63, 3.8) is 0 Å². The number of piperazine rings is 1. The summed E-state index contributed by atoms with van der Waals surface area (Å²) >= 11 is 0. The normalized spacial score (nSPS) is 20.0. The molecule has 2 aliphatic rings. The van der Waals surface area contributed by atoms with Crippen molar-refractivity contribution in [3.8, 4) is 11.5 Å². The van der Waals surface area contributed by atoms with Crippen LogP contribution < -0.4 is 9.47 Å². The Bertz CT molecular complexity index is 1860. The summed E-state index contributed by atoms with van der Waals surface area (Å²) in [5.74, 6) is 1.10. The number of ether oxygens (including phenoxy) is 2. The van der Waals surface area contributed by atoms with Crippen LogP contribution in [0.4, 0.5) is 0 Å². The summed E-state index contributed by atoms with van der Waals surface area (Å²) in [4.78, 5) is 38.8. The smallest absolute Gasteiger partial charge is 0.254 e. The van der Waals surface area contributed by atoms with Crippen molar-refractivity contribution in [1.29, 1.82) is 0 Å². The standard InChI is InChI=1S/C35H36N4O4/c1-4-17-43-29-14-13-22(18-30(29)42-3)26-20-39-31(40)21-38(16-15-23-19-36-27-11-7-5-9-24(23)27)34(41)35(39,2)33-32(26)25-10-6-8-12-28(25)37-33/h5-14,18-19,26,36-37H,4,15-17,20-21H2,1-3H3/t26-,35-/m0/s1. The van der Waals surface area contributed by atoms with Gasteiger partial charge in [0, 0.05) is 47.0 Å². The number of rotatable bonds is 8. The van der Waals surface area contributed by atoms with Crippen molar-refractivity contribution >= 4 is 33.6 Å². The first-order chi connectivity index (χ1) is 20.9. The number of H-pyrrole nitrogens is 2. The molecule has 2 aromatic heterocycles. The van der Waals surface area contributed by atoms with E-state index < -0.39 is 5.54 Å². The maximum Gasteiger partial charge on any atom is 0.254 e. The van der Waals surface area contributed by atoms with E-state index in [9.17, 15) is 9.59 Å². The maximum atomic E-state index is 14.4. The number of hydrogen-bond acceptors (Lipinski definition) is 4. The summed E-state index contributed by atoms with van der Waals surface area (Å²) in [5.41, 5.74) is 4.86. The van der Waals surface area contributed by atoms with Crippen molar-refractivity contribution < 1.29 is 19.1 Å². The molecular weight excluding hydrogens is 540 g/mol. The number of fused-ring (bicyclic) bond motifs is 6. The molecule has 5 aromatic rings. The third-order valence-corrected chi connectivity index (χ3v) is 9.20. The molecule has 4 heterocycles. The number of para-hydroxylation sites is 2. The molecule has 0 aliphatic carbocycles. The van der Waals surface area contributed by atoms with Crippen LogP contribution in [0.5, 0.6) is 11.5 Å². The number of carbonyl (C=O) groups excluding carboxylic acids is 2. The van der Waals surface area contributed by atoms with E-state index in [4.69, 9.17) is 9.47 Å². The van der Waals surface area contributed by atoms with Crippen LogP contribution >= 0.6 is 0 Å². The minimum atomic E-state index is -1.14. The molecule has 1 saturated heterocycles. The lowest BCUT2D eigenvalue weighted by Gasteiger charge is -2.51. The zero-order chi connectivity index (χ0) is 29.7. The fraction of sp³-hybridized carbons (Fsp3) is 0.314. The van der Waals surface area contributed by atoms with Crippen LogP contribution in [0.1, 0.15) is 48.6 Å². The number of nitrogens with one attached hydrogen (secondary N) is 2. The molecule has 2 N–H and O–H groups in total. The summed E-state index contributed by atoms with van der Waals surface area (Å²) in [6.45, 7) is 5.49. The first kappa shape index (κ1) is 27.1. The zero-order valence-corrected chi connectivity index (χ0v) is 24.8. The Labute approximate surface area is 250 Å². The highest BCUT2D eigenvalue weighted by molar-refractivity contribution is 6.01. The van der Waals surface area contributed by atoms with Gasteiger partial charge in [-0.05, 0) is 60.7 Å². The Morgan fingerprint density at radius 2 is 1.74 bits per heavy atom. The van der Waals surface area contributed by atoms with E-state index >= 15 is 0 Å². The minimum absolute atomic E-state index is 0.0507. The van der Waals surface area contributed by atoms with Crippen LogP contribution in [0, 0.1) is 0 Å². The Balaban J connectivity index is 1.28. The number of aromatic amines is 2. The Kier molecular flexibility index (Phi) is 6.64. The lowest BCUT2D eigenvalue weighted by atomic mass is 9.76. The second-order valence-electron chi connectivity index (χ2n) is 11.7. The van der Waals surface area contributed by atoms with Crippen LogP contribution in [-0.4, -0.2) is 64.9 Å². The highest BCUT2D eigenvalue weighted by atomic mass is 16.5. The first-order valence-corrected chi connectivity index (χ1v) is 15.0. The molecule has 3 aromatic carbocycles. The zero-order valence-electron chi connectivity index (χ0n) is 24.8. The molecule has 0 bridgehead atoms. The molecular formula is C35H36N4O4. The highest BCUT2D eigenvalue weighted by Crippen LogP contribution is 2.49. The minimum Gasteiger partial charge on any atom is -0.493 e. The average Bonchev–Trinajstić information content (AvgIpc) is 3.64. The van der Waals surface area contributed by atoms with E-state index in [1.165, 1.54) is 0 Å². The quantitative estimate of drug-likeness (QED) is 0.247. The van der Waals surface area contributed by atoms with E-state index in [2.05, 4.69) is 35.1 Å². The van der Waals surface area contributed by atoms with Gasteiger partial charge in [0.1, 0.15) is 0 Å². The summed E-state index contributed by atoms with van der Waals surface area (Å²) in [7, 11) is 1.64. The molecule has 8 nitrogen and oxygen atoms in total. The second kappa shape index (κ2) is 10.5. The Morgan fingerprint density at radius 1 is 0.977 bits per heavy atom. The van der Waals surface area contributed by atoms with Crippen LogP contribution in [0.25, 0.3) is 21.8 Å². The first-order valence-electron chi connectivity index (χ1n) is 15.0. The molecule has 2 amide bonds. The van der Waals surface area contributed by atoms with Crippen LogP contribution in [0.15, 0.2) is 72.9 Å². The lowest BCUT2D eigenvalue weighted by Crippen LogP contribution is -2.67. The van der Waals surface area contributed by atoms with E-state index in [-0.39, 0.29) is 24.3 Å². The van der Waals surface area contributed by atoms with Crippen LogP contribution in [-0.2, 0) is 21.5 Å². The fourth-order valence-corrected chi connectivity index (χ4v) is 6.98. The topological polar surface area (TPSA) is 90.7 Å². The van der Waals surface area contributed by atoms with Crippen molar-refractivity contribution in [2.45, 2.75) is 38.1 Å². The molecule has 43 heavy (non-hydrogen) atoms. The number of hydrogen-bond donors (Lipinski definition) is 2. The van der Waals surface area contributed by atoms with Gasteiger partial charge in [-0.3, -0.25) is 9.59 Å².